The molecule has 0 spiro atoms. The molecular formula is C18H21N3O5. The van der Waals surface area contributed by atoms with Crippen LogP contribution in [0.2, 0.25) is 0 Å². The maximum Gasteiger partial charge on any atom is 0.303 e. The monoisotopic (exact) mass is 359 g/mol. The molecule has 0 aromatic carbocycles. The predicted molar refractivity (Wildman–Crippen MR) is 91.4 cm³/mol. The van der Waals surface area contributed by atoms with Crippen LogP contribution in [0, 0.1) is 13.8 Å². The Morgan fingerprint density at radius 2 is 2.12 bits per heavy atom. The number of amides is 1. The Morgan fingerprint density at radius 1 is 1.31 bits per heavy atom. The van der Waals surface area contributed by atoms with Gasteiger partial charge in [-0.25, -0.2) is 4.98 Å². The number of hydrogen-bond acceptors (Lipinski definition) is 6. The summed E-state index contributed by atoms with van der Waals surface area (Å²) in [6, 6.07) is 5.63. The molecule has 2 aromatic rings. The number of aliphatic carboxylic acids is 1. The Bertz CT molecular complexity index is 797. The molecule has 26 heavy (non-hydrogen) atoms. The van der Waals surface area contributed by atoms with Crippen molar-refractivity contribution in [2.24, 2.45) is 0 Å². The summed E-state index contributed by atoms with van der Waals surface area (Å²) in [5, 5.41) is 12.7. The van der Waals surface area contributed by atoms with Crippen LogP contribution in [0.5, 0.6) is 0 Å². The summed E-state index contributed by atoms with van der Waals surface area (Å²) < 4.78 is 11.0. The van der Waals surface area contributed by atoms with E-state index in [4.69, 9.17) is 14.4 Å². The molecule has 3 heterocycles. The zero-order valence-electron chi connectivity index (χ0n) is 14.8. The summed E-state index contributed by atoms with van der Waals surface area (Å²) >= 11 is 0. The molecule has 1 atom stereocenters. The molecule has 1 aliphatic rings. The van der Waals surface area contributed by atoms with Gasteiger partial charge in [0.25, 0.3) is 0 Å². The molecule has 3 rings (SSSR count). The van der Waals surface area contributed by atoms with Gasteiger partial charge >= 0.3 is 5.97 Å². The molecule has 8 nitrogen and oxygen atoms in total. The first-order chi connectivity index (χ1) is 12.5. The highest BCUT2D eigenvalue weighted by Crippen LogP contribution is 2.28. The number of pyridine rings is 1. The van der Waals surface area contributed by atoms with E-state index in [1.54, 1.807) is 4.90 Å². The van der Waals surface area contributed by atoms with Gasteiger partial charge in [0.05, 0.1) is 42.2 Å². The number of carboxylic acids is 1. The third-order valence-electron chi connectivity index (χ3n) is 4.36. The highest BCUT2D eigenvalue weighted by Gasteiger charge is 2.27. The van der Waals surface area contributed by atoms with Gasteiger partial charge in [-0.1, -0.05) is 11.2 Å². The molecule has 0 radical (unpaired) electrons. The Labute approximate surface area is 150 Å². The van der Waals surface area contributed by atoms with E-state index < -0.39 is 5.97 Å². The third-order valence-corrected chi connectivity index (χ3v) is 4.36. The van der Waals surface area contributed by atoms with Crippen LogP contribution in [0.25, 0.3) is 11.3 Å². The van der Waals surface area contributed by atoms with Gasteiger partial charge in [-0.3, -0.25) is 9.59 Å². The smallest absolute Gasteiger partial charge is 0.303 e. The van der Waals surface area contributed by atoms with Crippen LogP contribution in [0.3, 0.4) is 0 Å². The lowest BCUT2D eigenvalue weighted by Crippen LogP contribution is -2.42. The summed E-state index contributed by atoms with van der Waals surface area (Å²) in [6.07, 6.45) is -0.521. The first-order valence-corrected chi connectivity index (χ1v) is 8.47. The van der Waals surface area contributed by atoms with Gasteiger partial charge in [-0.15, -0.1) is 0 Å². The molecule has 1 fully saturated rings. The number of morpholine rings is 1. The van der Waals surface area contributed by atoms with E-state index >= 15 is 0 Å². The third kappa shape index (κ3) is 3.91. The average Bonchev–Trinajstić information content (AvgIpc) is 2.98. The molecule has 1 N–H and O–H groups in total. The number of nitrogens with zero attached hydrogens (tertiary/aromatic N) is 3. The van der Waals surface area contributed by atoms with Crippen molar-refractivity contribution < 1.29 is 24.0 Å². The zero-order valence-corrected chi connectivity index (χ0v) is 14.8. The minimum atomic E-state index is -0.975. The first-order valence-electron chi connectivity index (χ1n) is 8.47. The fourth-order valence-electron chi connectivity index (χ4n) is 3.05. The number of carboxylic acid groups (broad SMARTS) is 1. The number of aromatic nitrogens is 2. The van der Waals surface area contributed by atoms with Crippen LogP contribution in [0.15, 0.2) is 22.7 Å². The van der Waals surface area contributed by atoms with Crippen LogP contribution in [-0.4, -0.2) is 51.7 Å². The van der Waals surface area contributed by atoms with Crippen molar-refractivity contribution in [3.8, 4) is 11.3 Å². The summed E-state index contributed by atoms with van der Waals surface area (Å²) in [5.41, 5.74) is 3.09. The van der Waals surface area contributed by atoms with Crippen molar-refractivity contribution in [1.29, 1.82) is 0 Å². The SMILES string of the molecule is Cc1noc(C)c1-c1cccc(C2CN(C(=O)CCC(=O)O)CCO2)n1. The second kappa shape index (κ2) is 7.65. The van der Waals surface area contributed by atoms with E-state index in [2.05, 4.69) is 10.1 Å². The lowest BCUT2D eigenvalue weighted by atomic mass is 10.1. The summed E-state index contributed by atoms with van der Waals surface area (Å²) in [7, 11) is 0. The molecule has 1 aliphatic heterocycles. The predicted octanol–water partition coefficient (Wildman–Crippen LogP) is 2.12. The van der Waals surface area contributed by atoms with Gasteiger partial charge in [0.15, 0.2) is 0 Å². The maximum atomic E-state index is 12.2. The Kier molecular flexibility index (Phi) is 5.32. The summed E-state index contributed by atoms with van der Waals surface area (Å²) in [5.74, 6) is -0.457. The zero-order chi connectivity index (χ0) is 18.7. The Hall–Kier alpha value is -2.74. The van der Waals surface area contributed by atoms with E-state index in [9.17, 15) is 9.59 Å². The molecule has 138 valence electrons. The van der Waals surface area contributed by atoms with Gasteiger partial charge in [-0.2, -0.15) is 0 Å². The molecule has 1 saturated heterocycles. The molecule has 1 amide bonds. The first kappa shape index (κ1) is 18.1. The van der Waals surface area contributed by atoms with Crippen molar-refractivity contribution in [2.45, 2.75) is 32.8 Å². The van der Waals surface area contributed by atoms with Crippen molar-refractivity contribution in [3.63, 3.8) is 0 Å². The van der Waals surface area contributed by atoms with Crippen LogP contribution in [-0.2, 0) is 14.3 Å². The molecular weight excluding hydrogens is 338 g/mol. The Morgan fingerprint density at radius 3 is 2.81 bits per heavy atom. The fraction of sp³-hybridized carbons (Fsp3) is 0.444. The molecule has 0 saturated carbocycles. The molecule has 2 aromatic heterocycles. The van der Waals surface area contributed by atoms with Crippen molar-refractivity contribution in [1.82, 2.24) is 15.0 Å². The van der Waals surface area contributed by atoms with Crippen molar-refractivity contribution >= 4 is 11.9 Å². The molecule has 8 heteroatoms. The van der Waals surface area contributed by atoms with Crippen LogP contribution in [0.4, 0.5) is 0 Å². The van der Waals surface area contributed by atoms with Crippen LogP contribution >= 0.6 is 0 Å². The quantitative estimate of drug-likeness (QED) is 0.871. The highest BCUT2D eigenvalue weighted by atomic mass is 16.5. The molecule has 0 bridgehead atoms. The van der Waals surface area contributed by atoms with Crippen LogP contribution < -0.4 is 0 Å². The minimum Gasteiger partial charge on any atom is -0.481 e. The largest absolute Gasteiger partial charge is 0.481 e. The number of rotatable bonds is 5. The number of carbonyl (C=O) groups is 2. The Balaban J connectivity index is 1.76. The van der Waals surface area contributed by atoms with Crippen molar-refractivity contribution in [2.75, 3.05) is 19.7 Å². The van der Waals surface area contributed by atoms with Gasteiger partial charge in [0.1, 0.15) is 11.9 Å². The minimum absolute atomic E-state index is 0.00536. The highest BCUT2D eigenvalue weighted by molar-refractivity contribution is 5.80. The van der Waals surface area contributed by atoms with Crippen LogP contribution in [0.1, 0.15) is 36.1 Å². The van der Waals surface area contributed by atoms with E-state index in [0.717, 1.165) is 22.6 Å². The summed E-state index contributed by atoms with van der Waals surface area (Å²) in [4.78, 5) is 29.2. The second-order valence-corrected chi connectivity index (χ2v) is 6.24. The normalized spacial score (nSPS) is 17.3. The van der Waals surface area contributed by atoms with Gasteiger partial charge < -0.3 is 19.3 Å². The van der Waals surface area contributed by atoms with E-state index in [1.165, 1.54) is 0 Å². The van der Waals surface area contributed by atoms with Crippen molar-refractivity contribution in [3.05, 3.63) is 35.3 Å². The summed E-state index contributed by atoms with van der Waals surface area (Å²) in [6.45, 7) is 4.90. The van der Waals surface area contributed by atoms with E-state index in [1.807, 2.05) is 32.0 Å². The number of hydrogen-bond donors (Lipinski definition) is 1. The molecule has 1 unspecified atom stereocenters. The number of carbonyl (C=O) groups excluding carboxylic acids is 1. The standard InChI is InChI=1S/C18H21N3O5/c1-11-18(12(2)26-20-11)14-5-3-4-13(19-14)15-10-21(8-9-25-15)16(22)6-7-17(23)24/h3-5,15H,6-10H2,1-2H3,(H,23,24). The van der Waals surface area contributed by atoms with E-state index in [0.29, 0.717) is 25.5 Å². The van der Waals surface area contributed by atoms with Gasteiger partial charge in [0, 0.05) is 13.0 Å². The number of aryl methyl sites for hydroxylation is 2. The van der Waals surface area contributed by atoms with Gasteiger partial charge in [0.2, 0.25) is 5.91 Å². The van der Waals surface area contributed by atoms with Gasteiger partial charge in [-0.05, 0) is 26.0 Å². The molecule has 0 aliphatic carbocycles. The number of ether oxygens (including phenoxy) is 1. The lowest BCUT2D eigenvalue weighted by Gasteiger charge is -2.32. The fourth-order valence-corrected chi connectivity index (χ4v) is 3.05. The lowest BCUT2D eigenvalue weighted by molar-refractivity contribution is -0.144. The topological polar surface area (TPSA) is 106 Å². The second-order valence-electron chi connectivity index (χ2n) is 6.24. The maximum absolute atomic E-state index is 12.2. The average molecular weight is 359 g/mol. The van der Waals surface area contributed by atoms with E-state index in [-0.39, 0.29) is 24.9 Å².